The number of nitrogens with zero attached hydrogens (tertiary/aromatic N) is 2. The van der Waals surface area contributed by atoms with E-state index < -0.39 is 41.8 Å². The molecule has 2 aromatic carbocycles. The molecule has 0 radical (unpaired) electrons. The maximum atomic E-state index is 13.3. The third-order valence-electron chi connectivity index (χ3n) is 11.3. The minimum atomic E-state index is -0.492. The van der Waals surface area contributed by atoms with Crippen molar-refractivity contribution in [1.29, 1.82) is 0 Å². The standard InChI is InChI=1S/C49H56N4O11P2.2C2H6/c1-8-13-16-31-32-17-14-19-42(63-65-52-38(25-27-40(52)48(56)60-11-4)29(6)34-21-23-36(50-34)46(54)58-9-2)44(32)62-45-33(31)18-15-20-43(45)64-66-53-39(26-28-41(53)49(57)61-12-5)30(7)35-22-24-37(51-35)47(55)59-10-3;2*1-2/h14-15,17-31,50-51,65-66H,8-13,16H2,1-7H3;2*1-2H3. The lowest BCUT2D eigenvalue weighted by Gasteiger charge is -2.30. The molecule has 70 heavy (non-hydrogen) atoms. The molecule has 1 aliphatic heterocycles. The highest BCUT2D eigenvalue weighted by molar-refractivity contribution is 7.31. The zero-order valence-corrected chi connectivity index (χ0v) is 44.1. The molecule has 0 amide bonds. The van der Waals surface area contributed by atoms with E-state index in [0.717, 1.165) is 53.2 Å². The summed E-state index contributed by atoms with van der Waals surface area (Å²) in [5.41, 5.74) is 6.26. The number of carbonyl (C=O) groups is 4. The smallest absolute Gasteiger partial charge is 0.355 e. The van der Waals surface area contributed by atoms with Crippen molar-refractivity contribution in [3.8, 4) is 23.0 Å². The van der Waals surface area contributed by atoms with Crippen molar-refractivity contribution in [2.45, 2.75) is 113 Å². The van der Waals surface area contributed by atoms with E-state index >= 15 is 0 Å². The van der Waals surface area contributed by atoms with E-state index in [-0.39, 0.29) is 44.2 Å². The van der Waals surface area contributed by atoms with Crippen molar-refractivity contribution in [1.82, 2.24) is 18.6 Å². The van der Waals surface area contributed by atoms with E-state index in [0.29, 0.717) is 45.8 Å². The molecule has 0 saturated heterocycles. The molecule has 0 aliphatic carbocycles. The molecule has 15 nitrogen and oxygen atoms in total. The normalized spacial score (nSPS) is 13.4. The molecule has 0 spiro atoms. The molecule has 7 rings (SSSR count). The van der Waals surface area contributed by atoms with Crippen molar-refractivity contribution in [2.24, 2.45) is 0 Å². The third-order valence-corrected chi connectivity index (χ3v) is 13.3. The molecule has 4 unspecified atom stereocenters. The predicted octanol–water partition coefficient (Wildman–Crippen LogP) is 13.3. The van der Waals surface area contributed by atoms with Crippen LogP contribution in [0.1, 0.15) is 189 Å². The number of benzene rings is 2. The first-order valence-electron chi connectivity index (χ1n) is 24.3. The highest BCUT2D eigenvalue weighted by Gasteiger charge is 2.33. The van der Waals surface area contributed by atoms with Crippen LogP contribution in [0.3, 0.4) is 0 Å². The average Bonchev–Trinajstić information content (AvgIpc) is 4.22. The SMILES string of the molecule is CC.CC.CCCCC1c2cccc(OPn3c(C(=O)OCC)ccc3C(C)c3ccc(C(=O)OCC)[nH]3)c2Oc2c(OPn3c(C(=O)OCC)ccc3C(C)c3ccc(C(=O)OCC)[nH]3)cccc21. The van der Waals surface area contributed by atoms with Gasteiger partial charge in [0.25, 0.3) is 0 Å². The number of aromatic amines is 2. The summed E-state index contributed by atoms with van der Waals surface area (Å²) in [6.45, 7) is 22.0. The largest absolute Gasteiger partial charge is 0.461 e. The Balaban J connectivity index is 0.00000222. The Bertz CT molecular complexity index is 2510. The van der Waals surface area contributed by atoms with E-state index in [1.54, 1.807) is 60.6 Å². The summed E-state index contributed by atoms with van der Waals surface area (Å²) < 4.78 is 45.1. The zero-order chi connectivity index (χ0) is 50.9. The highest BCUT2D eigenvalue weighted by Crippen LogP contribution is 2.54. The van der Waals surface area contributed by atoms with Gasteiger partial charge in [0.1, 0.15) is 22.8 Å². The minimum Gasteiger partial charge on any atom is -0.461 e. The van der Waals surface area contributed by atoms with Crippen LogP contribution in [-0.4, -0.2) is 68.9 Å². The van der Waals surface area contributed by atoms with Gasteiger partial charge in [0.2, 0.25) is 0 Å². The molecule has 5 heterocycles. The Morgan fingerprint density at radius 3 is 1.34 bits per heavy atom. The molecule has 4 atom stereocenters. The Kier molecular flexibility index (Phi) is 20.8. The lowest BCUT2D eigenvalue weighted by Crippen LogP contribution is -2.14. The fourth-order valence-electron chi connectivity index (χ4n) is 7.99. The number of carbonyl (C=O) groups excluding carboxylic acids is 4. The molecular formula is C53H68N4O11P2. The summed E-state index contributed by atoms with van der Waals surface area (Å²) in [6.07, 6.45) is 2.78. The predicted molar refractivity (Wildman–Crippen MR) is 275 cm³/mol. The Hall–Kier alpha value is -6.30. The average molecular weight is 999 g/mol. The van der Waals surface area contributed by atoms with Crippen LogP contribution in [0.5, 0.6) is 23.0 Å². The molecule has 0 saturated carbocycles. The van der Waals surface area contributed by atoms with Crippen molar-refractivity contribution in [3.63, 3.8) is 0 Å². The first-order chi connectivity index (χ1) is 34.0. The number of fused-ring (bicyclic) bond motifs is 2. The summed E-state index contributed by atoms with van der Waals surface area (Å²) >= 11 is 0. The first-order valence-corrected chi connectivity index (χ1v) is 26.0. The van der Waals surface area contributed by atoms with Gasteiger partial charge >= 0.3 is 23.9 Å². The number of ether oxygens (including phenoxy) is 5. The number of hydrogen-bond acceptors (Lipinski definition) is 11. The van der Waals surface area contributed by atoms with E-state index in [9.17, 15) is 19.2 Å². The van der Waals surface area contributed by atoms with Gasteiger partial charge in [-0.3, -0.25) is 8.68 Å². The number of esters is 4. The number of rotatable bonds is 21. The summed E-state index contributed by atoms with van der Waals surface area (Å²) in [5, 5.41) is 0. The highest BCUT2D eigenvalue weighted by atomic mass is 31.1. The number of aromatic nitrogens is 4. The molecule has 17 heteroatoms. The number of hydrogen-bond donors (Lipinski definition) is 2. The molecule has 0 bridgehead atoms. The molecule has 6 aromatic rings. The fourth-order valence-corrected chi connectivity index (χ4v) is 9.97. The van der Waals surface area contributed by atoms with Crippen LogP contribution in [0.2, 0.25) is 0 Å². The van der Waals surface area contributed by atoms with Crippen LogP contribution in [0.25, 0.3) is 0 Å². The number of unbranched alkanes of at least 4 members (excludes halogenated alkanes) is 1. The second kappa shape index (κ2) is 26.6. The van der Waals surface area contributed by atoms with Crippen LogP contribution in [-0.2, 0) is 18.9 Å². The number of para-hydroxylation sites is 2. The lowest BCUT2D eigenvalue weighted by atomic mass is 9.84. The van der Waals surface area contributed by atoms with Gasteiger partial charge in [-0.2, -0.15) is 0 Å². The summed E-state index contributed by atoms with van der Waals surface area (Å²) in [5.74, 6) is -0.481. The summed E-state index contributed by atoms with van der Waals surface area (Å²) in [6, 6.07) is 25.9. The quantitative estimate of drug-likeness (QED) is 0.0399. The van der Waals surface area contributed by atoms with E-state index in [1.807, 2.05) is 90.1 Å². The molecule has 0 fully saturated rings. The van der Waals surface area contributed by atoms with Crippen LogP contribution < -0.4 is 13.8 Å². The van der Waals surface area contributed by atoms with Crippen LogP contribution >= 0.6 is 17.9 Å². The molecule has 1 aliphatic rings. The maximum absolute atomic E-state index is 13.3. The van der Waals surface area contributed by atoms with Gasteiger partial charge < -0.3 is 42.7 Å². The fraction of sp³-hybridized carbons (Fsp3) is 0.396. The van der Waals surface area contributed by atoms with Gasteiger partial charge in [-0.05, 0) is 94.8 Å². The Morgan fingerprint density at radius 1 is 0.557 bits per heavy atom. The molecule has 376 valence electrons. The second-order valence-electron chi connectivity index (χ2n) is 15.5. The van der Waals surface area contributed by atoms with E-state index in [4.69, 9.17) is 32.7 Å². The Morgan fingerprint density at radius 2 is 0.957 bits per heavy atom. The topological polar surface area (TPSA) is 174 Å². The van der Waals surface area contributed by atoms with Crippen molar-refractivity contribution in [3.05, 3.63) is 142 Å². The van der Waals surface area contributed by atoms with Crippen molar-refractivity contribution >= 4 is 41.8 Å². The van der Waals surface area contributed by atoms with E-state index in [1.165, 1.54) is 0 Å². The first kappa shape index (κ1) is 54.6. The van der Waals surface area contributed by atoms with Crippen LogP contribution in [0.15, 0.2) is 84.9 Å². The summed E-state index contributed by atoms with van der Waals surface area (Å²) in [7, 11) is -0.810. The minimum absolute atomic E-state index is 0.0556. The van der Waals surface area contributed by atoms with Gasteiger partial charge in [-0.1, -0.05) is 85.6 Å². The number of H-pyrrole nitrogens is 2. The summed E-state index contributed by atoms with van der Waals surface area (Å²) in [4.78, 5) is 58.0. The Labute approximate surface area is 415 Å². The zero-order valence-electron chi connectivity index (χ0n) is 42.1. The van der Waals surface area contributed by atoms with Gasteiger partial charge in [0, 0.05) is 51.7 Å². The van der Waals surface area contributed by atoms with Crippen molar-refractivity contribution in [2.75, 3.05) is 26.4 Å². The monoisotopic (exact) mass is 998 g/mol. The maximum Gasteiger partial charge on any atom is 0.355 e. The van der Waals surface area contributed by atoms with Crippen LogP contribution in [0, 0.1) is 0 Å². The van der Waals surface area contributed by atoms with Gasteiger partial charge in [0.05, 0.1) is 26.4 Å². The third kappa shape index (κ3) is 12.3. The molecule has 2 N–H and O–H groups in total. The number of nitrogens with one attached hydrogen (secondary N) is 2. The lowest BCUT2D eigenvalue weighted by molar-refractivity contribution is 0.0508. The second-order valence-corrected chi connectivity index (χ2v) is 17.1. The molecular weight excluding hydrogens is 931 g/mol. The van der Waals surface area contributed by atoms with Crippen LogP contribution in [0.4, 0.5) is 0 Å². The van der Waals surface area contributed by atoms with Gasteiger partial charge in [0.15, 0.2) is 40.9 Å². The van der Waals surface area contributed by atoms with Gasteiger partial charge in [-0.15, -0.1) is 0 Å². The molecule has 4 aromatic heterocycles. The van der Waals surface area contributed by atoms with Gasteiger partial charge in [-0.25, -0.2) is 19.2 Å². The van der Waals surface area contributed by atoms with E-state index in [2.05, 4.69) is 29.0 Å². The van der Waals surface area contributed by atoms with Crippen molar-refractivity contribution < 1.29 is 51.9 Å².